The molecule has 13 heavy (non-hydrogen) atoms. The van der Waals surface area contributed by atoms with Crippen LogP contribution in [-0.4, -0.2) is 4.93 Å². The van der Waals surface area contributed by atoms with Gasteiger partial charge >= 0.3 is 21.2 Å². The van der Waals surface area contributed by atoms with Crippen LogP contribution in [0.1, 0.15) is 0 Å². The van der Waals surface area contributed by atoms with E-state index in [0.717, 1.165) is 0 Å². The molecule has 0 fully saturated rings. The lowest BCUT2D eigenvalue weighted by Gasteiger charge is -1.98. The minimum Gasteiger partial charge on any atom is -0.200 e. The van der Waals surface area contributed by atoms with Crippen molar-refractivity contribution in [3.63, 3.8) is 0 Å². The molecule has 0 heterocycles. The molecule has 0 aliphatic heterocycles. The zero-order chi connectivity index (χ0) is 10.2. The Morgan fingerprint density at radius 1 is 0.692 bits per heavy atom. The molecule has 6 heteroatoms. The molecule has 1 aromatic rings. The average molecular weight is 309 g/mol. The third-order valence-corrected chi connectivity index (χ3v) is 3.37. The van der Waals surface area contributed by atoms with E-state index in [0.29, 0.717) is 0 Å². The summed E-state index contributed by atoms with van der Waals surface area (Å²) in [6.45, 7) is 0. The maximum absolute atomic E-state index is 12.7. The van der Waals surface area contributed by atoms with Crippen LogP contribution in [0.3, 0.4) is 0 Å². The van der Waals surface area contributed by atoms with Gasteiger partial charge in [0.15, 0.2) is 0 Å². The number of benzene rings is 1. The molecule has 1 rings (SSSR count). The normalized spacial score (nSPS) is 10.6. The second-order valence-corrected chi connectivity index (χ2v) is 4.23. The summed E-state index contributed by atoms with van der Waals surface area (Å²) in [4.78, 5) is 1.41. The monoisotopic (exact) mass is 309 g/mol. The van der Waals surface area contributed by atoms with Gasteiger partial charge in [0.25, 0.3) is 3.57 Å². The Morgan fingerprint density at radius 3 is 1.31 bits per heavy atom. The fourth-order valence-corrected chi connectivity index (χ4v) is 2.16. The van der Waals surface area contributed by atoms with Gasteiger partial charge in [0, 0.05) is 0 Å². The SMILES string of the molecule is C[I+]c1c(F)c(F)c(F)c(F)c1F. The van der Waals surface area contributed by atoms with E-state index in [1.165, 1.54) is 4.93 Å². The van der Waals surface area contributed by atoms with Gasteiger partial charge in [-0.25, -0.2) is 13.2 Å². The van der Waals surface area contributed by atoms with E-state index in [4.69, 9.17) is 0 Å². The summed E-state index contributed by atoms with van der Waals surface area (Å²) in [5, 5.41) is 0. The van der Waals surface area contributed by atoms with Gasteiger partial charge in [-0.15, -0.1) is 0 Å². The topological polar surface area (TPSA) is 0 Å². The molecule has 0 aromatic heterocycles. The Balaban J connectivity index is 3.56. The summed E-state index contributed by atoms with van der Waals surface area (Å²) in [6, 6.07) is 0. The van der Waals surface area contributed by atoms with Crippen molar-refractivity contribution >= 4 is 0 Å². The van der Waals surface area contributed by atoms with Crippen LogP contribution in [0.4, 0.5) is 22.0 Å². The lowest BCUT2D eigenvalue weighted by molar-refractivity contribution is -0.603. The number of halogens is 6. The molecule has 0 amide bonds. The summed E-state index contributed by atoms with van der Waals surface area (Å²) in [6.07, 6.45) is 0. The van der Waals surface area contributed by atoms with Crippen LogP contribution in [0.15, 0.2) is 0 Å². The van der Waals surface area contributed by atoms with E-state index in [1.807, 2.05) is 0 Å². The maximum atomic E-state index is 12.7. The summed E-state index contributed by atoms with van der Waals surface area (Å²) in [5.74, 6) is -9.24. The minimum atomic E-state index is -2.10. The molecule has 0 unspecified atom stereocenters. The molecule has 0 bridgehead atoms. The molecule has 72 valence electrons. The summed E-state index contributed by atoms with van der Waals surface area (Å²) >= 11 is -1.18. The van der Waals surface area contributed by atoms with E-state index in [9.17, 15) is 22.0 Å². The van der Waals surface area contributed by atoms with Gasteiger partial charge in [0.05, 0.1) is 0 Å². The fraction of sp³-hybridized carbons (Fsp3) is 0.143. The average Bonchev–Trinajstić information content (AvgIpc) is 2.13. The molecule has 0 atom stereocenters. The Labute approximate surface area is 81.0 Å². The van der Waals surface area contributed by atoms with Crippen LogP contribution >= 0.6 is 0 Å². The van der Waals surface area contributed by atoms with E-state index in [1.54, 1.807) is 0 Å². The van der Waals surface area contributed by atoms with Crippen molar-refractivity contribution in [3.8, 4) is 0 Å². The Kier molecular flexibility index (Phi) is 3.09. The molecule has 0 saturated carbocycles. The van der Waals surface area contributed by atoms with Crippen LogP contribution in [0.5, 0.6) is 0 Å². The van der Waals surface area contributed by atoms with Crippen molar-refractivity contribution in [2.75, 3.05) is 4.93 Å². The first-order valence-corrected chi connectivity index (χ1v) is 6.25. The third-order valence-electron chi connectivity index (χ3n) is 1.35. The van der Waals surface area contributed by atoms with Crippen LogP contribution in [0, 0.1) is 32.7 Å². The molecule has 0 N–H and O–H groups in total. The highest BCUT2D eigenvalue weighted by molar-refractivity contribution is 5.12. The molecular formula is C7H3F5I+. The van der Waals surface area contributed by atoms with E-state index < -0.39 is 53.9 Å². The van der Waals surface area contributed by atoms with Gasteiger partial charge in [-0.1, -0.05) is 0 Å². The van der Waals surface area contributed by atoms with Crippen molar-refractivity contribution in [1.82, 2.24) is 0 Å². The van der Waals surface area contributed by atoms with Crippen molar-refractivity contribution in [1.29, 1.82) is 0 Å². The first-order chi connectivity index (χ1) is 6.00. The predicted octanol–water partition coefficient (Wildman–Crippen LogP) is -0.730. The van der Waals surface area contributed by atoms with Crippen LogP contribution in [0.25, 0.3) is 0 Å². The van der Waals surface area contributed by atoms with Crippen molar-refractivity contribution in [3.05, 3.63) is 32.7 Å². The highest BCUT2D eigenvalue weighted by Crippen LogP contribution is 2.17. The minimum absolute atomic E-state index is 0.671. The lowest BCUT2D eigenvalue weighted by Crippen LogP contribution is -3.60. The van der Waals surface area contributed by atoms with E-state index in [-0.39, 0.29) is 0 Å². The highest BCUT2D eigenvalue weighted by atomic mass is 127. The second kappa shape index (κ2) is 3.77. The summed E-state index contributed by atoms with van der Waals surface area (Å²) in [7, 11) is 0. The number of alkyl halides is 1. The number of hydrogen-bond donors (Lipinski definition) is 0. The van der Waals surface area contributed by atoms with Crippen LogP contribution in [-0.2, 0) is 0 Å². The Morgan fingerprint density at radius 2 is 1.00 bits per heavy atom. The smallest absolute Gasteiger partial charge is 0.200 e. The van der Waals surface area contributed by atoms with Gasteiger partial charge in [0.1, 0.15) is 4.93 Å². The second-order valence-electron chi connectivity index (χ2n) is 2.07. The van der Waals surface area contributed by atoms with Crippen molar-refractivity contribution < 1.29 is 43.2 Å². The molecule has 0 spiro atoms. The molecule has 1 aromatic carbocycles. The summed E-state index contributed by atoms with van der Waals surface area (Å²) in [5.41, 5.74) is 0. The fourth-order valence-electron chi connectivity index (χ4n) is 0.744. The highest BCUT2D eigenvalue weighted by Gasteiger charge is 2.31. The molecule has 0 aliphatic carbocycles. The standard InChI is InChI=1S/C7H3F5I/c1-13-7-5(11)3(9)2(8)4(10)6(7)12/h1H3/q+1. The first-order valence-electron chi connectivity index (χ1n) is 3.01. The predicted molar refractivity (Wildman–Crippen MR) is 30.9 cm³/mol. The zero-order valence-electron chi connectivity index (χ0n) is 6.27. The Bertz CT molecular complexity index is 320. The van der Waals surface area contributed by atoms with Gasteiger partial charge < -0.3 is 0 Å². The molecular weight excluding hydrogens is 306 g/mol. The number of hydrogen-bond acceptors (Lipinski definition) is 0. The van der Waals surface area contributed by atoms with Gasteiger partial charge in [0.2, 0.25) is 29.1 Å². The largest absolute Gasteiger partial charge is 0.316 e. The van der Waals surface area contributed by atoms with Crippen LogP contribution < -0.4 is 21.2 Å². The lowest BCUT2D eigenvalue weighted by atomic mass is 10.3. The number of rotatable bonds is 1. The Hall–Kier alpha value is -0.400. The zero-order valence-corrected chi connectivity index (χ0v) is 8.43. The third kappa shape index (κ3) is 1.63. The molecule has 0 radical (unpaired) electrons. The first kappa shape index (κ1) is 10.7. The van der Waals surface area contributed by atoms with Gasteiger partial charge in [-0.2, -0.15) is 8.78 Å². The van der Waals surface area contributed by atoms with E-state index in [2.05, 4.69) is 0 Å². The van der Waals surface area contributed by atoms with Crippen molar-refractivity contribution in [2.45, 2.75) is 0 Å². The quantitative estimate of drug-likeness (QED) is 0.211. The maximum Gasteiger partial charge on any atom is 0.316 e. The van der Waals surface area contributed by atoms with Crippen molar-refractivity contribution in [2.24, 2.45) is 0 Å². The van der Waals surface area contributed by atoms with Crippen LogP contribution in [0.2, 0.25) is 0 Å². The van der Waals surface area contributed by atoms with Gasteiger partial charge in [-0.05, 0) is 0 Å². The molecule has 0 aliphatic rings. The van der Waals surface area contributed by atoms with Gasteiger partial charge in [-0.3, -0.25) is 0 Å². The summed E-state index contributed by atoms with van der Waals surface area (Å²) < 4.78 is 62.1. The molecule has 0 nitrogen and oxygen atoms in total. The van der Waals surface area contributed by atoms with E-state index >= 15 is 0 Å². The molecule has 0 saturated heterocycles.